The number of thiazole rings is 1. The lowest BCUT2D eigenvalue weighted by Gasteiger charge is -2.14. The third kappa shape index (κ3) is 3.68. The van der Waals surface area contributed by atoms with Crippen LogP contribution in [0, 0.1) is 0 Å². The van der Waals surface area contributed by atoms with Crippen molar-refractivity contribution < 1.29 is 4.42 Å². The second-order valence-electron chi connectivity index (χ2n) is 4.36. The summed E-state index contributed by atoms with van der Waals surface area (Å²) in [4.78, 5) is 4.56. The molecule has 3 nitrogen and oxygen atoms in total. The molecule has 1 N–H and O–H groups in total. The maximum Gasteiger partial charge on any atom is 0.105 e. The highest BCUT2D eigenvalue weighted by Gasteiger charge is 2.09. The molecule has 0 saturated carbocycles. The van der Waals surface area contributed by atoms with Crippen LogP contribution < -0.4 is 5.32 Å². The van der Waals surface area contributed by atoms with Gasteiger partial charge in [-0.25, -0.2) is 4.98 Å². The molecule has 2 aromatic rings. The van der Waals surface area contributed by atoms with Gasteiger partial charge in [-0.2, -0.15) is 0 Å². The first-order valence-electron chi connectivity index (χ1n) is 6.50. The normalized spacial score (nSPS) is 12.8. The number of rotatable bonds is 7. The van der Waals surface area contributed by atoms with Crippen LogP contribution in [0.2, 0.25) is 0 Å². The Labute approximate surface area is 112 Å². The zero-order valence-electron chi connectivity index (χ0n) is 11.0. The van der Waals surface area contributed by atoms with E-state index in [2.05, 4.69) is 29.5 Å². The smallest absolute Gasteiger partial charge is 0.105 e. The van der Waals surface area contributed by atoms with Gasteiger partial charge in [-0.05, 0) is 25.0 Å². The highest BCUT2D eigenvalue weighted by molar-refractivity contribution is 7.09. The van der Waals surface area contributed by atoms with E-state index in [0.29, 0.717) is 6.04 Å². The molecule has 0 amide bonds. The van der Waals surface area contributed by atoms with Gasteiger partial charge in [-0.1, -0.05) is 13.8 Å². The number of aryl methyl sites for hydroxylation is 1. The molecule has 0 aromatic carbocycles. The quantitative estimate of drug-likeness (QED) is 0.833. The molecule has 0 spiro atoms. The van der Waals surface area contributed by atoms with E-state index in [1.54, 1.807) is 17.6 Å². The second-order valence-corrected chi connectivity index (χ2v) is 5.30. The molecule has 0 aliphatic rings. The summed E-state index contributed by atoms with van der Waals surface area (Å²) in [5, 5.41) is 6.90. The van der Waals surface area contributed by atoms with Gasteiger partial charge in [0.15, 0.2) is 0 Å². The third-order valence-electron chi connectivity index (χ3n) is 2.99. The topological polar surface area (TPSA) is 38.1 Å². The fraction of sp³-hybridized carbons (Fsp3) is 0.500. The molecular weight excluding hydrogens is 244 g/mol. The molecule has 1 atom stereocenters. The van der Waals surface area contributed by atoms with Crippen LogP contribution >= 0.6 is 11.3 Å². The maximum absolute atomic E-state index is 5.39. The highest BCUT2D eigenvalue weighted by Crippen LogP contribution is 2.11. The van der Waals surface area contributed by atoms with E-state index in [1.807, 2.05) is 12.1 Å². The lowest BCUT2D eigenvalue weighted by molar-refractivity contribution is 0.430. The summed E-state index contributed by atoms with van der Waals surface area (Å²) in [6.07, 6.45) is 4.78. The molecule has 2 heterocycles. The van der Waals surface area contributed by atoms with Crippen molar-refractivity contribution in [2.75, 3.05) is 0 Å². The lowest BCUT2D eigenvalue weighted by Crippen LogP contribution is -2.30. The molecule has 2 aromatic heterocycles. The van der Waals surface area contributed by atoms with E-state index in [0.717, 1.165) is 37.3 Å². The minimum atomic E-state index is 0.447. The van der Waals surface area contributed by atoms with Crippen molar-refractivity contribution in [1.29, 1.82) is 0 Å². The van der Waals surface area contributed by atoms with E-state index < -0.39 is 0 Å². The van der Waals surface area contributed by atoms with Crippen molar-refractivity contribution in [3.05, 3.63) is 40.2 Å². The molecule has 1 unspecified atom stereocenters. The molecule has 98 valence electrons. The Kier molecular flexibility index (Phi) is 4.96. The van der Waals surface area contributed by atoms with E-state index >= 15 is 0 Å². The minimum absolute atomic E-state index is 0.447. The molecule has 0 saturated heterocycles. The summed E-state index contributed by atoms with van der Waals surface area (Å²) in [7, 11) is 0. The number of nitrogens with zero attached hydrogens (tertiary/aromatic N) is 1. The zero-order valence-corrected chi connectivity index (χ0v) is 11.8. The van der Waals surface area contributed by atoms with Gasteiger partial charge in [0, 0.05) is 24.4 Å². The number of hydrogen-bond acceptors (Lipinski definition) is 4. The van der Waals surface area contributed by atoms with E-state index in [4.69, 9.17) is 4.42 Å². The van der Waals surface area contributed by atoms with Gasteiger partial charge in [0.05, 0.1) is 17.0 Å². The van der Waals surface area contributed by atoms with Crippen molar-refractivity contribution in [3.8, 4) is 0 Å². The van der Waals surface area contributed by atoms with Gasteiger partial charge in [0.1, 0.15) is 5.76 Å². The summed E-state index contributed by atoms with van der Waals surface area (Å²) in [5.41, 5.74) is 1.15. The molecule has 4 heteroatoms. The van der Waals surface area contributed by atoms with Gasteiger partial charge in [-0.15, -0.1) is 11.3 Å². The summed E-state index contributed by atoms with van der Waals surface area (Å²) < 4.78 is 5.39. The van der Waals surface area contributed by atoms with Gasteiger partial charge in [-0.3, -0.25) is 0 Å². The van der Waals surface area contributed by atoms with Crippen molar-refractivity contribution in [2.45, 2.75) is 45.7 Å². The van der Waals surface area contributed by atoms with Crippen LogP contribution in [0.1, 0.15) is 36.7 Å². The third-order valence-corrected chi connectivity index (χ3v) is 4.04. The van der Waals surface area contributed by atoms with Crippen LogP contribution in [0.25, 0.3) is 0 Å². The van der Waals surface area contributed by atoms with Crippen molar-refractivity contribution >= 4 is 11.3 Å². The first kappa shape index (κ1) is 13.3. The first-order valence-corrected chi connectivity index (χ1v) is 7.38. The van der Waals surface area contributed by atoms with Crippen LogP contribution in [0.4, 0.5) is 0 Å². The second kappa shape index (κ2) is 6.71. The highest BCUT2D eigenvalue weighted by atomic mass is 32.1. The molecule has 0 aliphatic carbocycles. The minimum Gasteiger partial charge on any atom is -0.469 e. The summed E-state index contributed by atoms with van der Waals surface area (Å²) in [6, 6.07) is 4.42. The first-order chi connectivity index (χ1) is 8.81. The molecule has 0 bridgehead atoms. The van der Waals surface area contributed by atoms with Gasteiger partial charge in [0.2, 0.25) is 0 Å². The van der Waals surface area contributed by atoms with Crippen molar-refractivity contribution in [2.24, 2.45) is 0 Å². The summed E-state index contributed by atoms with van der Waals surface area (Å²) in [6.45, 7) is 5.18. The Hall–Kier alpha value is -1.13. The maximum atomic E-state index is 5.39. The average Bonchev–Trinajstić information content (AvgIpc) is 3.05. The van der Waals surface area contributed by atoms with Crippen molar-refractivity contribution in [3.63, 3.8) is 0 Å². The van der Waals surface area contributed by atoms with Crippen LogP contribution in [0.3, 0.4) is 0 Å². The Balaban J connectivity index is 1.83. The van der Waals surface area contributed by atoms with Crippen LogP contribution in [-0.4, -0.2) is 11.0 Å². The standard InChI is InChI=1S/C14H20N2OS/c1-3-11(8-13-6-5-7-17-13)15-9-12-10-18-14(4-2)16-12/h5-7,10-11,15H,3-4,8-9H2,1-2H3. The number of aromatic nitrogens is 1. The van der Waals surface area contributed by atoms with E-state index in [9.17, 15) is 0 Å². The van der Waals surface area contributed by atoms with Crippen LogP contribution in [0.5, 0.6) is 0 Å². The Morgan fingerprint density at radius 1 is 1.44 bits per heavy atom. The van der Waals surface area contributed by atoms with Gasteiger partial charge < -0.3 is 9.73 Å². The monoisotopic (exact) mass is 264 g/mol. The van der Waals surface area contributed by atoms with Crippen LogP contribution in [0.15, 0.2) is 28.2 Å². The molecular formula is C14H20N2OS. The van der Waals surface area contributed by atoms with E-state index in [-0.39, 0.29) is 0 Å². The predicted octanol–water partition coefficient (Wildman–Crippen LogP) is 3.41. The fourth-order valence-corrected chi connectivity index (χ4v) is 2.62. The number of hydrogen-bond donors (Lipinski definition) is 1. The average molecular weight is 264 g/mol. The Morgan fingerprint density at radius 3 is 2.94 bits per heavy atom. The Bertz CT molecular complexity index is 450. The van der Waals surface area contributed by atoms with Gasteiger partial charge >= 0.3 is 0 Å². The largest absolute Gasteiger partial charge is 0.469 e. The predicted molar refractivity (Wildman–Crippen MR) is 74.8 cm³/mol. The van der Waals surface area contributed by atoms with Crippen molar-refractivity contribution in [1.82, 2.24) is 10.3 Å². The SMILES string of the molecule is CCc1nc(CNC(CC)Cc2ccco2)cs1. The summed E-state index contributed by atoms with van der Waals surface area (Å²) in [5.74, 6) is 1.04. The van der Waals surface area contributed by atoms with Gasteiger partial charge in [0.25, 0.3) is 0 Å². The zero-order chi connectivity index (χ0) is 12.8. The van der Waals surface area contributed by atoms with E-state index in [1.165, 1.54) is 5.01 Å². The molecule has 0 radical (unpaired) electrons. The number of furan rings is 1. The van der Waals surface area contributed by atoms with Crippen LogP contribution in [-0.2, 0) is 19.4 Å². The fourth-order valence-electron chi connectivity index (χ4n) is 1.87. The molecule has 18 heavy (non-hydrogen) atoms. The molecule has 0 fully saturated rings. The number of nitrogens with one attached hydrogen (secondary N) is 1. The molecule has 0 aliphatic heterocycles. The summed E-state index contributed by atoms with van der Waals surface area (Å²) >= 11 is 1.74. The lowest BCUT2D eigenvalue weighted by atomic mass is 10.1. The molecule has 2 rings (SSSR count). The Morgan fingerprint density at radius 2 is 2.33 bits per heavy atom.